The largest absolute Gasteiger partial charge is 0.480 e. The van der Waals surface area contributed by atoms with Gasteiger partial charge in [0.05, 0.1) is 25.4 Å². The van der Waals surface area contributed by atoms with Crippen molar-refractivity contribution < 1.29 is 30.0 Å². The molecule has 8 nitrogen and oxygen atoms in total. The molecule has 4 aliphatic rings. The zero-order valence-corrected chi connectivity index (χ0v) is 18.0. The van der Waals surface area contributed by atoms with E-state index in [1.807, 2.05) is 6.92 Å². The van der Waals surface area contributed by atoms with Crippen molar-refractivity contribution in [1.29, 1.82) is 0 Å². The third-order valence-corrected chi connectivity index (χ3v) is 7.31. The highest BCUT2D eigenvalue weighted by Gasteiger charge is 2.51. The molecule has 0 aromatic heterocycles. The van der Waals surface area contributed by atoms with E-state index in [2.05, 4.69) is 12.6 Å². The molecule has 0 aliphatic heterocycles. The molecule has 0 aromatic rings. The van der Waals surface area contributed by atoms with E-state index in [9.17, 15) is 14.7 Å². The number of carbonyl (C=O) groups is 2. The monoisotopic (exact) mass is 432 g/mol. The van der Waals surface area contributed by atoms with Gasteiger partial charge in [-0.1, -0.05) is 6.92 Å². The van der Waals surface area contributed by atoms with Crippen LogP contribution in [0.5, 0.6) is 0 Å². The Kier molecular flexibility index (Phi) is 8.78. The zero-order chi connectivity index (χ0) is 21.8. The van der Waals surface area contributed by atoms with Gasteiger partial charge in [-0.15, -0.1) is 0 Å². The fourth-order valence-electron chi connectivity index (χ4n) is 5.39. The number of hydrogen-bond donors (Lipinski definition) is 6. The van der Waals surface area contributed by atoms with E-state index in [4.69, 9.17) is 21.1 Å². The topological polar surface area (TPSA) is 144 Å². The van der Waals surface area contributed by atoms with Crippen LogP contribution in [0.15, 0.2) is 0 Å². The van der Waals surface area contributed by atoms with Gasteiger partial charge in [0, 0.05) is 17.7 Å². The predicted octanol–water partition coefficient (Wildman–Crippen LogP) is -0.0490. The van der Waals surface area contributed by atoms with Crippen LogP contribution in [0.25, 0.3) is 0 Å². The molecule has 4 fully saturated rings. The van der Waals surface area contributed by atoms with E-state index < -0.39 is 31.3 Å². The highest BCUT2D eigenvalue weighted by molar-refractivity contribution is 7.80. The average Bonchev–Trinajstić information content (AvgIpc) is 2.70. The first-order valence-electron chi connectivity index (χ1n) is 10.4. The van der Waals surface area contributed by atoms with Crippen molar-refractivity contribution in [2.45, 2.75) is 50.6 Å². The van der Waals surface area contributed by atoms with Gasteiger partial charge in [-0.05, 0) is 55.8 Å². The first kappa shape index (κ1) is 24.4. The van der Waals surface area contributed by atoms with Crippen LogP contribution in [0.4, 0.5) is 0 Å². The molecule has 4 rings (SSSR count). The minimum atomic E-state index is -1.21. The van der Waals surface area contributed by atoms with E-state index >= 15 is 0 Å². The Bertz CT molecular complexity index is 535. The number of amides is 1. The molecule has 1 atom stereocenters. The lowest BCUT2D eigenvalue weighted by molar-refractivity contribution is -0.155. The van der Waals surface area contributed by atoms with Gasteiger partial charge in [-0.3, -0.25) is 9.59 Å². The van der Waals surface area contributed by atoms with Crippen LogP contribution < -0.4 is 5.73 Å². The number of hydrogen-bond acceptors (Lipinski definition) is 7. The summed E-state index contributed by atoms with van der Waals surface area (Å²) in [6.45, 7) is 0.490. The van der Waals surface area contributed by atoms with E-state index in [-0.39, 0.29) is 24.4 Å². The maximum atomic E-state index is 12.6. The smallest absolute Gasteiger partial charge is 0.323 e. The number of aliphatic hydroxyl groups is 3. The van der Waals surface area contributed by atoms with Crippen molar-refractivity contribution in [1.82, 2.24) is 4.90 Å². The van der Waals surface area contributed by atoms with Crippen LogP contribution in [-0.2, 0) is 9.59 Å². The Morgan fingerprint density at radius 2 is 1.48 bits per heavy atom. The highest BCUT2D eigenvalue weighted by Crippen LogP contribution is 2.55. The minimum absolute atomic E-state index is 0.0233. The molecule has 4 aliphatic carbocycles. The van der Waals surface area contributed by atoms with Crippen LogP contribution in [0.2, 0.25) is 0 Å². The summed E-state index contributed by atoms with van der Waals surface area (Å²) in [7, 11) is 0. The number of nitrogens with zero attached hydrogens (tertiary/aromatic N) is 1. The molecular formula is C20H36N2O6S. The number of aliphatic hydroxyl groups excluding tert-OH is 3. The van der Waals surface area contributed by atoms with Crippen LogP contribution in [0, 0.1) is 29.6 Å². The van der Waals surface area contributed by atoms with Gasteiger partial charge >= 0.3 is 5.97 Å². The van der Waals surface area contributed by atoms with E-state index in [0.717, 1.165) is 11.8 Å². The van der Waals surface area contributed by atoms with Crippen LogP contribution in [-0.4, -0.2) is 80.9 Å². The summed E-state index contributed by atoms with van der Waals surface area (Å²) < 4.78 is 0. The molecule has 168 valence electrons. The van der Waals surface area contributed by atoms with Gasteiger partial charge in [0.15, 0.2) is 0 Å². The maximum absolute atomic E-state index is 12.6. The standard InChI is InChI=1S/C16H25NO3S.C4H11NO3/c1-9(8-21)16(20)17(7-14(18)19)15-12-3-10-2-11(5-12)6-13(15)4-10;5-4(1-6,2-7)3-8/h9-13,15,21H,2-8H2,1H3,(H,18,19);6-8H,1-3,5H2. The summed E-state index contributed by atoms with van der Waals surface area (Å²) in [5, 5.41) is 34.2. The number of rotatable bonds is 8. The van der Waals surface area contributed by atoms with Crippen molar-refractivity contribution in [3.8, 4) is 0 Å². The number of aliphatic carboxylic acids is 1. The fraction of sp³-hybridized carbons (Fsp3) is 0.900. The van der Waals surface area contributed by atoms with Crippen LogP contribution in [0.1, 0.15) is 39.0 Å². The molecule has 1 unspecified atom stereocenters. The van der Waals surface area contributed by atoms with Gasteiger partial charge in [0.2, 0.25) is 5.91 Å². The first-order chi connectivity index (χ1) is 13.7. The third-order valence-electron chi connectivity index (χ3n) is 6.77. The van der Waals surface area contributed by atoms with Gasteiger partial charge < -0.3 is 31.1 Å². The molecule has 0 aromatic carbocycles. The van der Waals surface area contributed by atoms with Crippen LogP contribution in [0.3, 0.4) is 0 Å². The predicted molar refractivity (Wildman–Crippen MR) is 111 cm³/mol. The van der Waals surface area contributed by atoms with Crippen LogP contribution >= 0.6 is 12.6 Å². The molecule has 9 heteroatoms. The lowest BCUT2D eigenvalue weighted by Crippen LogP contribution is -2.59. The maximum Gasteiger partial charge on any atom is 0.323 e. The van der Waals surface area contributed by atoms with Gasteiger partial charge in [0.1, 0.15) is 6.54 Å². The number of carbonyl (C=O) groups excluding carboxylic acids is 1. The molecule has 0 spiro atoms. The molecule has 0 saturated heterocycles. The van der Waals surface area contributed by atoms with Crippen molar-refractivity contribution >= 4 is 24.5 Å². The molecule has 0 heterocycles. The Morgan fingerprint density at radius 3 is 1.79 bits per heavy atom. The van der Waals surface area contributed by atoms with Crippen molar-refractivity contribution in [2.75, 3.05) is 32.1 Å². The minimum Gasteiger partial charge on any atom is -0.480 e. The summed E-state index contributed by atoms with van der Waals surface area (Å²) >= 11 is 4.21. The fourth-order valence-corrected chi connectivity index (χ4v) is 5.55. The quantitative estimate of drug-likeness (QED) is 0.295. The lowest BCUT2D eigenvalue weighted by Gasteiger charge is -2.57. The van der Waals surface area contributed by atoms with Gasteiger partial charge in [0.25, 0.3) is 0 Å². The summed E-state index contributed by atoms with van der Waals surface area (Å²) in [6, 6.07) is 0.156. The second-order valence-electron chi connectivity index (χ2n) is 9.20. The van der Waals surface area contributed by atoms with E-state index in [0.29, 0.717) is 17.6 Å². The van der Waals surface area contributed by atoms with Crippen molar-refractivity contribution in [3.05, 3.63) is 0 Å². The second kappa shape index (κ2) is 10.4. The normalized spacial score (nSPS) is 31.0. The molecule has 6 N–H and O–H groups in total. The Hall–Kier alpha value is -0.870. The second-order valence-corrected chi connectivity index (χ2v) is 9.57. The average molecular weight is 433 g/mol. The summed E-state index contributed by atoms with van der Waals surface area (Å²) in [6.07, 6.45) is 6.12. The highest BCUT2D eigenvalue weighted by atomic mass is 32.1. The van der Waals surface area contributed by atoms with E-state index in [1.165, 1.54) is 32.1 Å². The molecule has 1 amide bonds. The molecule has 4 saturated carbocycles. The Labute approximate surface area is 177 Å². The SMILES string of the molecule is CC(CS)C(=O)N(CC(=O)O)C1C2CC3CC(C2)CC1C3.NC(CO)(CO)CO. The Morgan fingerprint density at radius 1 is 1.03 bits per heavy atom. The number of thiol groups is 1. The number of carboxylic acids is 1. The molecule has 29 heavy (non-hydrogen) atoms. The van der Waals surface area contributed by atoms with Crippen molar-refractivity contribution in [3.63, 3.8) is 0 Å². The summed E-state index contributed by atoms with van der Waals surface area (Å²) in [5.74, 6) is 2.05. The van der Waals surface area contributed by atoms with Gasteiger partial charge in [-0.2, -0.15) is 12.6 Å². The molecule has 4 bridgehead atoms. The Balaban J connectivity index is 0.000000321. The van der Waals surface area contributed by atoms with E-state index in [1.54, 1.807) is 4.90 Å². The van der Waals surface area contributed by atoms with Crippen molar-refractivity contribution in [2.24, 2.45) is 35.3 Å². The number of carboxylic acid groups (broad SMARTS) is 1. The molecule has 0 radical (unpaired) electrons. The van der Waals surface area contributed by atoms with Gasteiger partial charge in [-0.25, -0.2) is 0 Å². The zero-order valence-electron chi connectivity index (χ0n) is 17.1. The summed E-state index contributed by atoms with van der Waals surface area (Å²) in [4.78, 5) is 25.6. The first-order valence-corrected chi connectivity index (χ1v) is 11.1. The third kappa shape index (κ3) is 5.85. The lowest BCUT2D eigenvalue weighted by atomic mass is 9.54. The molecular weight excluding hydrogens is 396 g/mol. The number of nitrogens with two attached hydrogens (primary N) is 1. The summed E-state index contributed by atoms with van der Waals surface area (Å²) in [5.41, 5.74) is 3.94.